The van der Waals surface area contributed by atoms with Gasteiger partial charge in [-0.05, 0) is 42.5 Å². The molecule has 3 rings (SSSR count). The van der Waals surface area contributed by atoms with Crippen molar-refractivity contribution in [1.82, 2.24) is 4.90 Å². The van der Waals surface area contributed by atoms with Crippen molar-refractivity contribution in [3.05, 3.63) is 71.8 Å². The Morgan fingerprint density at radius 1 is 1.12 bits per heavy atom. The van der Waals surface area contributed by atoms with Crippen molar-refractivity contribution in [2.75, 3.05) is 6.54 Å². The van der Waals surface area contributed by atoms with Crippen LogP contribution in [0.5, 0.6) is 5.75 Å². The summed E-state index contributed by atoms with van der Waals surface area (Å²) in [5.41, 5.74) is 2.15. The summed E-state index contributed by atoms with van der Waals surface area (Å²) >= 11 is 0. The van der Waals surface area contributed by atoms with Gasteiger partial charge in [-0.1, -0.05) is 54.6 Å². The summed E-state index contributed by atoms with van der Waals surface area (Å²) in [6, 6.07) is 17.7. The van der Waals surface area contributed by atoms with Crippen molar-refractivity contribution >= 4 is 12.0 Å². The predicted molar refractivity (Wildman–Crippen MR) is 96.6 cm³/mol. The molecule has 24 heavy (non-hydrogen) atoms. The lowest BCUT2D eigenvalue weighted by atomic mass is 10.1. The lowest BCUT2D eigenvalue weighted by Crippen LogP contribution is -2.33. The van der Waals surface area contributed by atoms with Gasteiger partial charge in [0.2, 0.25) is 5.91 Å². The summed E-state index contributed by atoms with van der Waals surface area (Å²) in [5, 5.41) is 9.51. The van der Waals surface area contributed by atoms with E-state index in [-0.39, 0.29) is 11.7 Å². The SMILES string of the molecule is O=C(CCc1cccc(O)c1)N(C/C=C/c1ccccc1)C1CC1. The molecule has 0 unspecified atom stereocenters. The Labute approximate surface area is 143 Å². The average Bonchev–Trinajstić information content (AvgIpc) is 3.42. The van der Waals surface area contributed by atoms with E-state index in [1.165, 1.54) is 0 Å². The third-order valence-corrected chi connectivity index (χ3v) is 4.26. The molecule has 1 N–H and O–H groups in total. The molecule has 2 aromatic carbocycles. The smallest absolute Gasteiger partial charge is 0.223 e. The van der Waals surface area contributed by atoms with Crippen LogP contribution in [0.15, 0.2) is 60.7 Å². The Kier molecular flexibility index (Phi) is 5.32. The molecule has 0 spiro atoms. The minimum atomic E-state index is 0.193. The summed E-state index contributed by atoms with van der Waals surface area (Å²) in [6.45, 7) is 0.665. The second kappa shape index (κ2) is 7.82. The van der Waals surface area contributed by atoms with Crippen LogP contribution in [0.25, 0.3) is 6.08 Å². The highest BCUT2D eigenvalue weighted by molar-refractivity contribution is 5.77. The number of rotatable bonds is 7. The van der Waals surface area contributed by atoms with Crippen LogP contribution < -0.4 is 0 Å². The van der Waals surface area contributed by atoms with Crippen LogP contribution in [-0.4, -0.2) is 28.5 Å². The molecule has 0 bridgehead atoms. The number of benzene rings is 2. The highest BCUT2D eigenvalue weighted by atomic mass is 16.3. The fourth-order valence-corrected chi connectivity index (χ4v) is 2.81. The van der Waals surface area contributed by atoms with Crippen molar-refractivity contribution in [3.63, 3.8) is 0 Å². The van der Waals surface area contributed by atoms with Gasteiger partial charge in [0.1, 0.15) is 5.75 Å². The maximum atomic E-state index is 12.6. The molecule has 0 radical (unpaired) electrons. The second-order valence-corrected chi connectivity index (χ2v) is 6.26. The molecule has 1 saturated carbocycles. The first-order valence-electron chi connectivity index (χ1n) is 8.51. The molecule has 2 aromatic rings. The van der Waals surface area contributed by atoms with Gasteiger partial charge in [0, 0.05) is 19.0 Å². The standard InChI is InChI=1S/C21H23NO2/c23-20-10-4-8-18(16-20)11-14-21(24)22(19-12-13-19)15-5-9-17-6-2-1-3-7-17/h1-10,16,19,23H,11-15H2/b9-5+. The number of aromatic hydroxyl groups is 1. The van der Waals surface area contributed by atoms with Crippen molar-refractivity contribution in [1.29, 1.82) is 0 Å². The number of nitrogens with zero attached hydrogens (tertiary/aromatic N) is 1. The second-order valence-electron chi connectivity index (χ2n) is 6.26. The summed E-state index contributed by atoms with van der Waals surface area (Å²) in [4.78, 5) is 14.5. The average molecular weight is 321 g/mol. The number of carbonyl (C=O) groups excluding carboxylic acids is 1. The number of hydrogen-bond donors (Lipinski definition) is 1. The number of hydrogen-bond acceptors (Lipinski definition) is 2. The zero-order chi connectivity index (χ0) is 16.8. The maximum Gasteiger partial charge on any atom is 0.223 e. The lowest BCUT2D eigenvalue weighted by Gasteiger charge is -2.21. The van der Waals surface area contributed by atoms with Gasteiger partial charge in [-0.25, -0.2) is 0 Å². The van der Waals surface area contributed by atoms with Crippen LogP contribution in [-0.2, 0) is 11.2 Å². The van der Waals surface area contributed by atoms with Gasteiger partial charge >= 0.3 is 0 Å². The minimum Gasteiger partial charge on any atom is -0.508 e. The quantitative estimate of drug-likeness (QED) is 0.836. The first kappa shape index (κ1) is 16.3. The van der Waals surface area contributed by atoms with Gasteiger partial charge in [0.05, 0.1) is 0 Å². The molecule has 0 saturated heterocycles. The van der Waals surface area contributed by atoms with Crippen molar-refractivity contribution in [3.8, 4) is 5.75 Å². The van der Waals surface area contributed by atoms with Gasteiger partial charge in [0.25, 0.3) is 0 Å². The monoisotopic (exact) mass is 321 g/mol. The van der Waals surface area contributed by atoms with Gasteiger partial charge < -0.3 is 10.0 Å². The Morgan fingerprint density at radius 2 is 1.92 bits per heavy atom. The van der Waals surface area contributed by atoms with Crippen molar-refractivity contribution in [2.24, 2.45) is 0 Å². The van der Waals surface area contributed by atoms with Crippen molar-refractivity contribution in [2.45, 2.75) is 31.7 Å². The van der Waals surface area contributed by atoms with Gasteiger partial charge in [-0.15, -0.1) is 0 Å². The van der Waals surface area contributed by atoms with Crippen LogP contribution in [0.4, 0.5) is 0 Å². The van der Waals surface area contributed by atoms with Gasteiger partial charge in [-0.2, -0.15) is 0 Å². The molecule has 0 atom stereocenters. The Bertz CT molecular complexity index is 705. The van der Waals surface area contributed by atoms with Gasteiger partial charge in [-0.3, -0.25) is 4.79 Å². The Hall–Kier alpha value is -2.55. The van der Waals surface area contributed by atoms with Crippen molar-refractivity contribution < 1.29 is 9.90 Å². The number of amides is 1. The van der Waals surface area contributed by atoms with Crippen LogP contribution in [0.1, 0.15) is 30.4 Å². The normalized spacial score (nSPS) is 14.0. The summed E-state index contributed by atoms with van der Waals surface area (Å²) < 4.78 is 0. The Morgan fingerprint density at radius 3 is 2.62 bits per heavy atom. The van der Waals surface area contributed by atoms with Crippen LogP contribution >= 0.6 is 0 Å². The van der Waals surface area contributed by atoms with Crippen LogP contribution in [0.2, 0.25) is 0 Å². The number of phenols is 1. The van der Waals surface area contributed by atoms with E-state index in [4.69, 9.17) is 0 Å². The Balaban J connectivity index is 1.55. The molecular weight excluding hydrogens is 298 g/mol. The van der Waals surface area contributed by atoms with E-state index in [9.17, 15) is 9.90 Å². The number of phenolic OH excluding ortho intramolecular Hbond substituents is 1. The molecule has 0 aliphatic heterocycles. The topological polar surface area (TPSA) is 40.5 Å². The van der Waals surface area contributed by atoms with Crippen LogP contribution in [0.3, 0.4) is 0 Å². The molecule has 3 nitrogen and oxygen atoms in total. The van der Waals surface area contributed by atoms with E-state index in [1.807, 2.05) is 35.2 Å². The van der Waals surface area contributed by atoms with Crippen LogP contribution in [0, 0.1) is 0 Å². The number of carbonyl (C=O) groups is 1. The lowest BCUT2D eigenvalue weighted by molar-refractivity contribution is -0.131. The third-order valence-electron chi connectivity index (χ3n) is 4.26. The zero-order valence-corrected chi connectivity index (χ0v) is 13.8. The fraction of sp³-hybridized carbons (Fsp3) is 0.286. The summed E-state index contributed by atoms with van der Waals surface area (Å²) in [7, 11) is 0. The molecule has 1 fully saturated rings. The number of aryl methyl sites for hydroxylation is 1. The van der Waals surface area contributed by atoms with E-state index < -0.39 is 0 Å². The molecule has 0 aromatic heterocycles. The first-order chi connectivity index (χ1) is 11.7. The molecule has 1 amide bonds. The molecular formula is C21H23NO2. The highest BCUT2D eigenvalue weighted by Gasteiger charge is 2.31. The van der Waals surface area contributed by atoms with E-state index in [0.717, 1.165) is 24.0 Å². The third kappa shape index (κ3) is 4.72. The minimum absolute atomic E-state index is 0.193. The van der Waals surface area contributed by atoms with E-state index in [2.05, 4.69) is 24.3 Å². The molecule has 124 valence electrons. The largest absolute Gasteiger partial charge is 0.508 e. The fourth-order valence-electron chi connectivity index (χ4n) is 2.81. The van der Waals surface area contributed by atoms with E-state index >= 15 is 0 Å². The first-order valence-corrected chi connectivity index (χ1v) is 8.51. The maximum absolute atomic E-state index is 12.6. The summed E-state index contributed by atoms with van der Waals surface area (Å²) in [5.74, 6) is 0.448. The molecule has 3 heteroatoms. The molecule has 1 aliphatic rings. The van der Waals surface area contributed by atoms with E-state index in [1.54, 1.807) is 12.1 Å². The van der Waals surface area contributed by atoms with Gasteiger partial charge in [0.15, 0.2) is 0 Å². The van der Waals surface area contributed by atoms with E-state index in [0.29, 0.717) is 25.4 Å². The molecule has 1 aliphatic carbocycles. The predicted octanol–water partition coefficient (Wildman–Crippen LogP) is 4.03. The zero-order valence-electron chi connectivity index (χ0n) is 13.8. The summed E-state index contributed by atoms with van der Waals surface area (Å²) in [6.07, 6.45) is 7.50. The highest BCUT2D eigenvalue weighted by Crippen LogP contribution is 2.27. The molecule has 0 heterocycles.